The van der Waals surface area contributed by atoms with Gasteiger partial charge in [0.15, 0.2) is 5.69 Å². The summed E-state index contributed by atoms with van der Waals surface area (Å²) in [7, 11) is 1.26. The molecule has 3 atom stereocenters. The number of hydrogen-bond donors (Lipinski definition) is 3. The minimum Gasteiger partial charge on any atom is -0.464 e. The van der Waals surface area contributed by atoms with Crippen molar-refractivity contribution in [3.05, 3.63) is 16.1 Å². The Labute approximate surface area is 103 Å². The Kier molecular flexibility index (Phi) is 4.21. The maximum atomic E-state index is 11.2. The van der Waals surface area contributed by atoms with Gasteiger partial charge in [-0.15, -0.1) is 11.3 Å². The molecule has 0 bridgehead atoms. The molecule has 0 saturated heterocycles. The fourth-order valence-corrected chi connectivity index (χ4v) is 2.06. The summed E-state index contributed by atoms with van der Waals surface area (Å²) in [5, 5.41) is 21.3. The van der Waals surface area contributed by atoms with Crippen molar-refractivity contribution in [3.63, 3.8) is 0 Å². The number of hydrogen-bond acceptors (Lipinski definition) is 7. The molecule has 0 radical (unpaired) electrons. The number of aromatic nitrogens is 1. The van der Waals surface area contributed by atoms with Gasteiger partial charge in [-0.2, -0.15) is 0 Å². The summed E-state index contributed by atoms with van der Waals surface area (Å²) in [6.45, 7) is 2.86. The van der Waals surface area contributed by atoms with Crippen LogP contribution in [-0.2, 0) is 4.74 Å². The van der Waals surface area contributed by atoms with Crippen LogP contribution in [0.25, 0.3) is 0 Å². The smallest absolute Gasteiger partial charge is 0.357 e. The van der Waals surface area contributed by atoms with Crippen LogP contribution in [0.5, 0.6) is 0 Å². The highest BCUT2D eigenvalue weighted by atomic mass is 32.1. The number of esters is 1. The number of rotatable bonds is 4. The van der Waals surface area contributed by atoms with Crippen LogP contribution in [0, 0.1) is 0 Å². The molecule has 1 heterocycles. The van der Waals surface area contributed by atoms with Gasteiger partial charge in [0.1, 0.15) is 10.6 Å². The number of aliphatic hydroxyl groups excluding tert-OH is 1. The molecule has 1 rings (SSSR count). The summed E-state index contributed by atoms with van der Waals surface area (Å²) in [5.41, 5.74) is 4.45. The highest BCUT2D eigenvalue weighted by Gasteiger charge is 2.37. The minimum atomic E-state index is -1.51. The van der Waals surface area contributed by atoms with E-state index in [1.165, 1.54) is 26.3 Å². The first kappa shape index (κ1) is 14.0. The summed E-state index contributed by atoms with van der Waals surface area (Å²) in [6.07, 6.45) is -1.01. The van der Waals surface area contributed by atoms with Crippen molar-refractivity contribution < 1.29 is 19.7 Å². The third-order valence-electron chi connectivity index (χ3n) is 2.66. The minimum absolute atomic E-state index is 0.143. The van der Waals surface area contributed by atoms with E-state index in [2.05, 4.69) is 9.72 Å². The normalized spacial score (nSPS) is 18.2. The van der Waals surface area contributed by atoms with Crippen LogP contribution >= 0.6 is 11.3 Å². The number of nitrogens with zero attached hydrogens (tertiary/aromatic N) is 1. The molecule has 4 N–H and O–H groups in total. The van der Waals surface area contributed by atoms with Gasteiger partial charge in [-0.1, -0.05) is 0 Å². The molecule has 1 aromatic heterocycles. The van der Waals surface area contributed by atoms with Crippen LogP contribution in [0.15, 0.2) is 5.38 Å². The van der Waals surface area contributed by atoms with Gasteiger partial charge in [-0.25, -0.2) is 9.78 Å². The lowest BCUT2D eigenvalue weighted by Gasteiger charge is -2.31. The molecular weight excluding hydrogens is 244 g/mol. The van der Waals surface area contributed by atoms with E-state index in [0.29, 0.717) is 5.01 Å². The molecule has 7 heteroatoms. The zero-order valence-corrected chi connectivity index (χ0v) is 10.7. The van der Waals surface area contributed by atoms with Crippen LogP contribution in [0.3, 0.4) is 0 Å². The maximum Gasteiger partial charge on any atom is 0.357 e. The van der Waals surface area contributed by atoms with E-state index >= 15 is 0 Å². The van der Waals surface area contributed by atoms with Crippen molar-refractivity contribution >= 4 is 17.3 Å². The van der Waals surface area contributed by atoms with Crippen molar-refractivity contribution in [2.75, 3.05) is 7.11 Å². The van der Waals surface area contributed by atoms with Crippen molar-refractivity contribution in [1.82, 2.24) is 4.98 Å². The van der Waals surface area contributed by atoms with Crippen LogP contribution in [0.2, 0.25) is 0 Å². The number of methoxy groups -OCH3 is 1. The number of thiazole rings is 1. The number of ether oxygens (including phenoxy) is 1. The van der Waals surface area contributed by atoms with Gasteiger partial charge >= 0.3 is 5.97 Å². The molecule has 0 aliphatic heterocycles. The van der Waals surface area contributed by atoms with Crippen molar-refractivity contribution in [3.8, 4) is 0 Å². The van der Waals surface area contributed by atoms with E-state index in [1.807, 2.05) is 0 Å². The molecule has 1 aromatic rings. The van der Waals surface area contributed by atoms with Gasteiger partial charge in [0.05, 0.1) is 19.3 Å². The zero-order chi connectivity index (χ0) is 13.2. The predicted octanol–water partition coefficient (Wildman–Crippen LogP) is 0.0613. The molecule has 0 aromatic carbocycles. The number of nitrogens with two attached hydrogens (primary N) is 1. The van der Waals surface area contributed by atoms with E-state index in [4.69, 9.17) is 5.73 Å². The fraction of sp³-hybridized carbons (Fsp3) is 0.600. The molecular formula is C10H16N2O4S. The molecule has 0 unspecified atom stereocenters. The van der Waals surface area contributed by atoms with Gasteiger partial charge in [-0.3, -0.25) is 0 Å². The van der Waals surface area contributed by atoms with Gasteiger partial charge < -0.3 is 20.7 Å². The van der Waals surface area contributed by atoms with E-state index in [0.717, 1.165) is 11.3 Å². The lowest BCUT2D eigenvalue weighted by Crippen LogP contribution is -2.47. The van der Waals surface area contributed by atoms with Crippen molar-refractivity contribution in [1.29, 1.82) is 0 Å². The van der Waals surface area contributed by atoms with Crippen LogP contribution in [0.1, 0.15) is 35.4 Å². The number of carbonyl (C=O) groups excluding carboxylic acids is 1. The molecule has 0 spiro atoms. The second kappa shape index (κ2) is 5.09. The third kappa shape index (κ3) is 2.81. The van der Waals surface area contributed by atoms with E-state index in [-0.39, 0.29) is 5.69 Å². The Hall–Kier alpha value is -1.02. The predicted molar refractivity (Wildman–Crippen MR) is 62.7 cm³/mol. The molecule has 6 nitrogen and oxygen atoms in total. The SMILES string of the molecule is COC(=O)c1csc([C@@H](N)[C@](C)(O)[C@@H](C)O)n1. The average molecular weight is 260 g/mol. The molecule has 0 aliphatic carbocycles. The Balaban J connectivity index is 2.94. The molecule has 0 amide bonds. The summed E-state index contributed by atoms with van der Waals surface area (Å²) < 4.78 is 4.51. The van der Waals surface area contributed by atoms with Gasteiger partial charge in [0.25, 0.3) is 0 Å². The molecule has 0 aliphatic rings. The second-order valence-corrected chi connectivity index (χ2v) is 4.83. The molecule has 0 fully saturated rings. The Bertz CT molecular complexity index is 403. The zero-order valence-electron chi connectivity index (χ0n) is 9.88. The second-order valence-electron chi connectivity index (χ2n) is 3.94. The average Bonchev–Trinajstić information content (AvgIpc) is 2.75. The number of carbonyl (C=O) groups is 1. The van der Waals surface area contributed by atoms with E-state index < -0.39 is 23.7 Å². The highest BCUT2D eigenvalue weighted by Crippen LogP contribution is 2.28. The van der Waals surface area contributed by atoms with Gasteiger partial charge in [0, 0.05) is 5.38 Å². The van der Waals surface area contributed by atoms with Crippen LogP contribution in [0.4, 0.5) is 0 Å². The summed E-state index contributed by atoms with van der Waals surface area (Å²) in [5.74, 6) is -0.559. The summed E-state index contributed by atoms with van der Waals surface area (Å²) in [6, 6.07) is -0.870. The largest absolute Gasteiger partial charge is 0.464 e. The Morgan fingerprint density at radius 3 is 2.76 bits per heavy atom. The topological polar surface area (TPSA) is 106 Å². The summed E-state index contributed by atoms with van der Waals surface area (Å²) in [4.78, 5) is 15.2. The summed E-state index contributed by atoms with van der Waals surface area (Å²) >= 11 is 1.14. The quantitative estimate of drug-likeness (QED) is 0.661. The Morgan fingerprint density at radius 2 is 2.29 bits per heavy atom. The monoisotopic (exact) mass is 260 g/mol. The van der Waals surface area contributed by atoms with Gasteiger partial charge in [0.2, 0.25) is 0 Å². The Morgan fingerprint density at radius 1 is 1.71 bits per heavy atom. The first-order valence-electron chi connectivity index (χ1n) is 5.00. The lowest BCUT2D eigenvalue weighted by molar-refractivity contribution is -0.0701. The maximum absolute atomic E-state index is 11.2. The highest BCUT2D eigenvalue weighted by molar-refractivity contribution is 7.09. The van der Waals surface area contributed by atoms with Crippen molar-refractivity contribution in [2.45, 2.75) is 31.6 Å². The van der Waals surface area contributed by atoms with Crippen LogP contribution < -0.4 is 5.73 Å². The molecule has 0 saturated carbocycles. The van der Waals surface area contributed by atoms with Crippen molar-refractivity contribution in [2.24, 2.45) is 5.73 Å². The number of aliphatic hydroxyl groups is 2. The van der Waals surface area contributed by atoms with Crippen LogP contribution in [-0.4, -0.2) is 40.0 Å². The molecule has 96 valence electrons. The first-order chi connectivity index (χ1) is 7.80. The fourth-order valence-electron chi connectivity index (χ4n) is 1.14. The lowest BCUT2D eigenvalue weighted by atomic mass is 9.92. The van der Waals surface area contributed by atoms with E-state index in [1.54, 1.807) is 0 Å². The first-order valence-corrected chi connectivity index (χ1v) is 5.88. The van der Waals surface area contributed by atoms with Gasteiger partial charge in [-0.05, 0) is 13.8 Å². The molecule has 17 heavy (non-hydrogen) atoms. The van der Waals surface area contributed by atoms with E-state index in [9.17, 15) is 15.0 Å². The standard InChI is InChI=1S/C10H16N2O4S/c1-5(13)10(2,15)7(11)8-12-6(4-17-8)9(14)16-3/h4-5,7,13,15H,11H2,1-3H3/t5-,7-,10-/m1/s1. The third-order valence-corrected chi connectivity index (χ3v) is 3.59.